The number of aliphatic hydroxyl groups excluding tert-OH is 1. The Morgan fingerprint density at radius 3 is 2.35 bits per heavy atom. The third-order valence-electron chi connectivity index (χ3n) is 5.54. The summed E-state index contributed by atoms with van der Waals surface area (Å²) in [6.07, 6.45) is 5.02. The first-order valence-electron chi connectivity index (χ1n) is 9.67. The number of carbonyl (C=O) groups excluding carboxylic acids is 2. The summed E-state index contributed by atoms with van der Waals surface area (Å²) in [5.74, 6) is 0.484. The Kier molecular flexibility index (Phi) is 5.96. The molecule has 0 radical (unpaired) electrons. The molecule has 26 heavy (non-hydrogen) atoms. The van der Waals surface area contributed by atoms with Gasteiger partial charge in [-0.2, -0.15) is 0 Å². The molecular formula is C19H29N3O4. The number of carbonyl (C=O) groups is 2. The second-order valence-corrected chi connectivity index (χ2v) is 7.46. The molecule has 1 saturated carbocycles. The van der Waals surface area contributed by atoms with Gasteiger partial charge in [-0.15, -0.1) is 0 Å². The lowest BCUT2D eigenvalue weighted by Gasteiger charge is -2.30. The molecule has 1 aromatic heterocycles. The molecule has 1 N–H and O–H groups in total. The Balaban J connectivity index is 1.59. The van der Waals surface area contributed by atoms with Gasteiger partial charge < -0.3 is 19.3 Å². The van der Waals surface area contributed by atoms with E-state index in [0.29, 0.717) is 44.2 Å². The number of amides is 2. The van der Waals surface area contributed by atoms with Crippen LogP contribution in [0.2, 0.25) is 0 Å². The molecule has 7 nitrogen and oxygen atoms in total. The van der Waals surface area contributed by atoms with Crippen molar-refractivity contribution in [3.63, 3.8) is 0 Å². The standard InChI is InChI=1S/C19H29N3O4/c1-13-17(26-14(2)20-13)19(25)22-10-6-9-21(11-12-22)18(24)16(23)15-7-4-3-5-8-15/h15-16,23H,3-12H2,1-2H3/t16-/m1/s1. The Bertz CT molecular complexity index is 651. The van der Waals surface area contributed by atoms with E-state index in [4.69, 9.17) is 4.42 Å². The zero-order chi connectivity index (χ0) is 18.7. The predicted molar refractivity (Wildman–Crippen MR) is 95.7 cm³/mol. The maximum absolute atomic E-state index is 12.7. The van der Waals surface area contributed by atoms with Gasteiger partial charge in [0.25, 0.3) is 11.8 Å². The van der Waals surface area contributed by atoms with Crippen LogP contribution >= 0.6 is 0 Å². The lowest BCUT2D eigenvalue weighted by atomic mass is 9.85. The molecule has 1 saturated heterocycles. The lowest BCUT2D eigenvalue weighted by Crippen LogP contribution is -2.45. The van der Waals surface area contributed by atoms with Gasteiger partial charge in [0.1, 0.15) is 6.10 Å². The molecule has 1 aliphatic carbocycles. The van der Waals surface area contributed by atoms with E-state index in [9.17, 15) is 14.7 Å². The second kappa shape index (κ2) is 8.20. The first-order chi connectivity index (χ1) is 12.5. The fourth-order valence-electron chi connectivity index (χ4n) is 4.05. The van der Waals surface area contributed by atoms with Crippen molar-refractivity contribution >= 4 is 11.8 Å². The van der Waals surface area contributed by atoms with Crippen LogP contribution in [0.25, 0.3) is 0 Å². The largest absolute Gasteiger partial charge is 0.436 e. The number of oxazole rings is 1. The maximum Gasteiger partial charge on any atom is 0.291 e. The monoisotopic (exact) mass is 363 g/mol. The van der Waals surface area contributed by atoms with Crippen molar-refractivity contribution < 1.29 is 19.1 Å². The number of aryl methyl sites for hydroxylation is 2. The average Bonchev–Trinajstić information content (AvgIpc) is 2.85. The lowest BCUT2D eigenvalue weighted by molar-refractivity contribution is -0.143. The highest BCUT2D eigenvalue weighted by molar-refractivity contribution is 5.92. The topological polar surface area (TPSA) is 86.9 Å². The minimum atomic E-state index is -0.906. The van der Waals surface area contributed by atoms with Crippen LogP contribution in [0.5, 0.6) is 0 Å². The van der Waals surface area contributed by atoms with Crippen LogP contribution in [0.4, 0.5) is 0 Å². The van der Waals surface area contributed by atoms with Crippen molar-refractivity contribution in [1.29, 1.82) is 0 Å². The van der Waals surface area contributed by atoms with Crippen LogP contribution < -0.4 is 0 Å². The van der Waals surface area contributed by atoms with E-state index in [0.717, 1.165) is 25.7 Å². The summed E-state index contributed by atoms with van der Waals surface area (Å²) < 4.78 is 5.44. The fourth-order valence-corrected chi connectivity index (χ4v) is 4.05. The van der Waals surface area contributed by atoms with E-state index in [1.54, 1.807) is 23.6 Å². The van der Waals surface area contributed by atoms with Gasteiger partial charge in [-0.25, -0.2) is 4.98 Å². The Morgan fingerprint density at radius 2 is 1.69 bits per heavy atom. The molecule has 2 amide bonds. The molecule has 144 valence electrons. The average molecular weight is 363 g/mol. The van der Waals surface area contributed by atoms with E-state index >= 15 is 0 Å². The van der Waals surface area contributed by atoms with E-state index in [2.05, 4.69) is 4.98 Å². The van der Waals surface area contributed by atoms with Crippen molar-refractivity contribution in [2.24, 2.45) is 5.92 Å². The summed E-state index contributed by atoms with van der Waals surface area (Å²) in [4.78, 5) is 33.0. The summed E-state index contributed by atoms with van der Waals surface area (Å²) in [6.45, 7) is 5.51. The third-order valence-corrected chi connectivity index (χ3v) is 5.54. The number of nitrogens with zero attached hydrogens (tertiary/aromatic N) is 3. The predicted octanol–water partition coefficient (Wildman–Crippen LogP) is 1.91. The smallest absolute Gasteiger partial charge is 0.291 e. The van der Waals surface area contributed by atoms with Crippen molar-refractivity contribution in [2.75, 3.05) is 26.2 Å². The van der Waals surface area contributed by atoms with Crippen LogP contribution in [-0.2, 0) is 4.79 Å². The molecule has 1 aliphatic heterocycles. The molecule has 1 aromatic rings. The summed E-state index contributed by atoms with van der Waals surface area (Å²) in [5.41, 5.74) is 0.595. The highest BCUT2D eigenvalue weighted by Gasteiger charge is 2.32. The zero-order valence-corrected chi connectivity index (χ0v) is 15.7. The molecule has 2 heterocycles. The molecular weight excluding hydrogens is 334 g/mol. The van der Waals surface area contributed by atoms with Gasteiger partial charge in [-0.1, -0.05) is 19.3 Å². The fraction of sp³-hybridized carbons (Fsp3) is 0.737. The normalized spacial score (nSPS) is 20.7. The van der Waals surface area contributed by atoms with Crippen LogP contribution in [0, 0.1) is 19.8 Å². The van der Waals surface area contributed by atoms with Gasteiger partial charge in [0.15, 0.2) is 5.89 Å². The van der Waals surface area contributed by atoms with Crippen LogP contribution in [0.3, 0.4) is 0 Å². The SMILES string of the molecule is Cc1nc(C)c(C(=O)N2CCCN(C(=O)[C@H](O)C3CCCCC3)CC2)o1. The second-order valence-electron chi connectivity index (χ2n) is 7.46. The number of rotatable bonds is 3. The van der Waals surface area contributed by atoms with E-state index < -0.39 is 6.10 Å². The van der Waals surface area contributed by atoms with Gasteiger partial charge in [0.05, 0.1) is 5.69 Å². The van der Waals surface area contributed by atoms with Crippen molar-refractivity contribution in [3.8, 4) is 0 Å². The number of aromatic nitrogens is 1. The van der Waals surface area contributed by atoms with Crippen molar-refractivity contribution in [3.05, 3.63) is 17.3 Å². The number of hydrogen-bond acceptors (Lipinski definition) is 5. The molecule has 2 aliphatic rings. The van der Waals surface area contributed by atoms with Crippen LogP contribution in [0.1, 0.15) is 60.7 Å². The van der Waals surface area contributed by atoms with Gasteiger partial charge in [-0.05, 0) is 32.1 Å². The zero-order valence-electron chi connectivity index (χ0n) is 15.7. The van der Waals surface area contributed by atoms with Gasteiger partial charge in [0.2, 0.25) is 5.76 Å². The number of aliphatic hydroxyl groups is 1. The van der Waals surface area contributed by atoms with Gasteiger partial charge in [0, 0.05) is 33.1 Å². The molecule has 0 bridgehead atoms. The number of hydrogen-bond donors (Lipinski definition) is 1. The van der Waals surface area contributed by atoms with E-state index in [1.807, 2.05) is 0 Å². The quantitative estimate of drug-likeness (QED) is 0.886. The van der Waals surface area contributed by atoms with Crippen LogP contribution in [-0.4, -0.2) is 64.0 Å². The van der Waals surface area contributed by atoms with Crippen LogP contribution in [0.15, 0.2) is 4.42 Å². The molecule has 0 spiro atoms. The Hall–Kier alpha value is -1.89. The first kappa shape index (κ1) is 18.9. The van der Waals surface area contributed by atoms with Gasteiger partial charge >= 0.3 is 0 Å². The molecule has 0 unspecified atom stereocenters. The summed E-state index contributed by atoms with van der Waals surface area (Å²) >= 11 is 0. The molecule has 7 heteroatoms. The minimum absolute atomic E-state index is 0.0806. The Labute approximate surface area is 154 Å². The van der Waals surface area contributed by atoms with E-state index in [1.165, 1.54) is 6.42 Å². The minimum Gasteiger partial charge on any atom is -0.436 e. The molecule has 3 rings (SSSR count). The highest BCUT2D eigenvalue weighted by Crippen LogP contribution is 2.27. The van der Waals surface area contributed by atoms with Crippen molar-refractivity contribution in [1.82, 2.24) is 14.8 Å². The van der Waals surface area contributed by atoms with Gasteiger partial charge in [-0.3, -0.25) is 9.59 Å². The Morgan fingerprint density at radius 1 is 1.04 bits per heavy atom. The summed E-state index contributed by atoms with van der Waals surface area (Å²) in [5, 5.41) is 10.5. The van der Waals surface area contributed by atoms with E-state index in [-0.39, 0.29) is 23.5 Å². The third kappa shape index (κ3) is 4.09. The summed E-state index contributed by atoms with van der Waals surface area (Å²) in [7, 11) is 0. The summed E-state index contributed by atoms with van der Waals surface area (Å²) in [6, 6.07) is 0. The molecule has 2 fully saturated rings. The molecule has 0 aromatic carbocycles. The first-order valence-corrected chi connectivity index (χ1v) is 9.67. The van der Waals surface area contributed by atoms with Crippen molar-refractivity contribution in [2.45, 2.75) is 58.5 Å². The highest BCUT2D eigenvalue weighted by atomic mass is 16.4. The molecule has 1 atom stereocenters. The maximum atomic E-state index is 12.7.